The number of nitrogens with one attached hydrogen (secondary N) is 1. The number of morpholine rings is 1. The van der Waals surface area contributed by atoms with Gasteiger partial charge in [0, 0.05) is 5.69 Å². The van der Waals surface area contributed by atoms with E-state index in [1.54, 1.807) is 0 Å². The summed E-state index contributed by atoms with van der Waals surface area (Å²) in [6.45, 7) is 1.04. The first-order valence-electron chi connectivity index (χ1n) is 4.94. The van der Waals surface area contributed by atoms with Gasteiger partial charge in [-0.1, -0.05) is 12.1 Å². The molecule has 80 valence electrons. The second kappa shape index (κ2) is 4.42. The highest BCUT2D eigenvalue weighted by Crippen LogP contribution is 2.18. The minimum Gasteiger partial charge on any atom is -0.399 e. The van der Waals surface area contributed by atoms with Gasteiger partial charge in [-0.2, -0.15) is 0 Å². The third-order valence-electron chi connectivity index (χ3n) is 2.50. The minimum atomic E-state index is -0.207. The maximum Gasteiger partial charge on any atom is 0.139 e. The number of anilines is 1. The second-order valence-electron chi connectivity index (χ2n) is 3.67. The summed E-state index contributed by atoms with van der Waals surface area (Å²) in [4.78, 5) is 10.6. The molecule has 1 aromatic carbocycles. The summed E-state index contributed by atoms with van der Waals surface area (Å²) in [7, 11) is 0. The van der Waals surface area contributed by atoms with E-state index in [9.17, 15) is 4.79 Å². The Morgan fingerprint density at radius 2 is 2.07 bits per heavy atom. The third-order valence-corrected chi connectivity index (χ3v) is 2.50. The molecule has 0 bridgehead atoms. The van der Waals surface area contributed by atoms with E-state index in [4.69, 9.17) is 10.5 Å². The smallest absolute Gasteiger partial charge is 0.139 e. The van der Waals surface area contributed by atoms with Crippen molar-refractivity contribution in [2.45, 2.75) is 12.1 Å². The summed E-state index contributed by atoms with van der Waals surface area (Å²) in [5, 5.41) is 3.20. The van der Waals surface area contributed by atoms with E-state index in [2.05, 4.69) is 5.32 Å². The standard InChI is InChI=1S/C11H14N2O2/c12-9-3-1-8(2-4-9)11-7-15-6-10(5-14)13-11/h1-5,10-11,13H,6-7,12H2. The molecule has 2 atom stereocenters. The quantitative estimate of drug-likeness (QED) is 0.546. The number of nitrogens with two attached hydrogens (primary N) is 1. The number of carbonyl (C=O) groups is 1. The summed E-state index contributed by atoms with van der Waals surface area (Å²) >= 11 is 0. The Hall–Kier alpha value is -1.39. The van der Waals surface area contributed by atoms with Crippen LogP contribution in [0.3, 0.4) is 0 Å². The zero-order valence-electron chi connectivity index (χ0n) is 8.35. The van der Waals surface area contributed by atoms with Gasteiger partial charge < -0.3 is 15.3 Å². The Labute approximate surface area is 88.4 Å². The zero-order valence-corrected chi connectivity index (χ0v) is 8.35. The highest BCUT2D eigenvalue weighted by molar-refractivity contribution is 5.58. The highest BCUT2D eigenvalue weighted by Gasteiger charge is 2.21. The van der Waals surface area contributed by atoms with Crippen molar-refractivity contribution in [1.82, 2.24) is 5.32 Å². The Morgan fingerprint density at radius 3 is 2.73 bits per heavy atom. The van der Waals surface area contributed by atoms with E-state index in [0.29, 0.717) is 13.2 Å². The van der Waals surface area contributed by atoms with Crippen LogP contribution in [0.4, 0.5) is 5.69 Å². The van der Waals surface area contributed by atoms with E-state index >= 15 is 0 Å². The van der Waals surface area contributed by atoms with Crippen molar-refractivity contribution in [2.75, 3.05) is 18.9 Å². The first-order chi connectivity index (χ1) is 7.29. The Balaban J connectivity index is 2.09. The summed E-state index contributed by atoms with van der Waals surface area (Å²) in [6, 6.07) is 7.46. The maximum atomic E-state index is 10.6. The van der Waals surface area contributed by atoms with Crippen LogP contribution in [0.2, 0.25) is 0 Å². The summed E-state index contributed by atoms with van der Waals surface area (Å²) in [5.74, 6) is 0. The number of hydrogen-bond acceptors (Lipinski definition) is 4. The molecule has 0 saturated carbocycles. The molecule has 4 nitrogen and oxygen atoms in total. The number of hydrogen-bond donors (Lipinski definition) is 2. The van der Waals surface area contributed by atoms with Crippen LogP contribution in [0.5, 0.6) is 0 Å². The van der Waals surface area contributed by atoms with Gasteiger partial charge in [0.2, 0.25) is 0 Å². The molecule has 2 rings (SSSR count). The van der Waals surface area contributed by atoms with Crippen molar-refractivity contribution in [3.63, 3.8) is 0 Å². The molecule has 0 aliphatic carbocycles. The van der Waals surface area contributed by atoms with Crippen LogP contribution in [-0.4, -0.2) is 25.5 Å². The summed E-state index contributed by atoms with van der Waals surface area (Å²) < 4.78 is 5.35. The molecule has 1 aliphatic rings. The normalized spacial score (nSPS) is 26.1. The molecule has 0 amide bonds. The SMILES string of the molecule is Nc1ccc(C2COCC(C=O)N2)cc1. The van der Waals surface area contributed by atoms with Crippen molar-refractivity contribution in [2.24, 2.45) is 0 Å². The minimum absolute atomic E-state index is 0.0783. The van der Waals surface area contributed by atoms with Gasteiger partial charge in [0.15, 0.2) is 0 Å². The fourth-order valence-corrected chi connectivity index (χ4v) is 1.67. The highest BCUT2D eigenvalue weighted by atomic mass is 16.5. The summed E-state index contributed by atoms with van der Waals surface area (Å²) in [6.07, 6.45) is 0.878. The van der Waals surface area contributed by atoms with Gasteiger partial charge in [-0.15, -0.1) is 0 Å². The van der Waals surface area contributed by atoms with Gasteiger partial charge in [0.1, 0.15) is 6.29 Å². The van der Waals surface area contributed by atoms with Gasteiger partial charge in [0.05, 0.1) is 25.3 Å². The fraction of sp³-hybridized carbons (Fsp3) is 0.364. The van der Waals surface area contributed by atoms with Crippen LogP contribution in [0.25, 0.3) is 0 Å². The predicted octanol–water partition coefficient (Wildman–Crippen LogP) is 0.497. The lowest BCUT2D eigenvalue weighted by Crippen LogP contribution is -2.44. The van der Waals surface area contributed by atoms with Crippen LogP contribution in [-0.2, 0) is 9.53 Å². The van der Waals surface area contributed by atoms with Gasteiger partial charge in [-0.25, -0.2) is 0 Å². The molecule has 3 N–H and O–H groups in total. The largest absolute Gasteiger partial charge is 0.399 e. The third kappa shape index (κ3) is 2.34. The molecular formula is C11H14N2O2. The van der Waals surface area contributed by atoms with Gasteiger partial charge in [-0.05, 0) is 17.7 Å². The Kier molecular flexibility index (Phi) is 2.99. The second-order valence-corrected chi connectivity index (χ2v) is 3.67. The van der Waals surface area contributed by atoms with Gasteiger partial charge in [0.25, 0.3) is 0 Å². The lowest BCUT2D eigenvalue weighted by molar-refractivity contribution is -0.112. The number of benzene rings is 1. The maximum absolute atomic E-state index is 10.6. The average molecular weight is 206 g/mol. The lowest BCUT2D eigenvalue weighted by Gasteiger charge is -2.28. The molecule has 2 unspecified atom stereocenters. The lowest BCUT2D eigenvalue weighted by atomic mass is 10.1. The summed E-state index contributed by atoms with van der Waals surface area (Å²) in [5.41, 5.74) is 7.43. The van der Waals surface area contributed by atoms with Crippen LogP contribution in [0, 0.1) is 0 Å². The Morgan fingerprint density at radius 1 is 1.33 bits per heavy atom. The molecule has 15 heavy (non-hydrogen) atoms. The average Bonchev–Trinajstić information content (AvgIpc) is 2.30. The fourth-order valence-electron chi connectivity index (χ4n) is 1.67. The molecule has 4 heteroatoms. The molecule has 0 radical (unpaired) electrons. The van der Waals surface area contributed by atoms with E-state index < -0.39 is 0 Å². The monoisotopic (exact) mass is 206 g/mol. The molecule has 1 aromatic rings. The topological polar surface area (TPSA) is 64.3 Å². The van der Waals surface area contributed by atoms with Crippen LogP contribution in [0.1, 0.15) is 11.6 Å². The van der Waals surface area contributed by atoms with Crippen LogP contribution >= 0.6 is 0 Å². The van der Waals surface area contributed by atoms with E-state index in [0.717, 1.165) is 17.5 Å². The van der Waals surface area contributed by atoms with E-state index in [1.165, 1.54) is 0 Å². The molecule has 0 spiro atoms. The number of aldehydes is 1. The molecule has 1 saturated heterocycles. The van der Waals surface area contributed by atoms with Crippen molar-refractivity contribution in [3.8, 4) is 0 Å². The first-order valence-corrected chi connectivity index (χ1v) is 4.94. The Bertz CT molecular complexity index is 337. The molecule has 0 aromatic heterocycles. The van der Waals surface area contributed by atoms with Gasteiger partial charge >= 0.3 is 0 Å². The van der Waals surface area contributed by atoms with Crippen molar-refractivity contribution in [1.29, 1.82) is 0 Å². The van der Waals surface area contributed by atoms with E-state index in [-0.39, 0.29) is 12.1 Å². The number of rotatable bonds is 2. The first kappa shape index (κ1) is 10.1. The molecule has 1 aliphatic heterocycles. The number of ether oxygens (including phenoxy) is 1. The van der Waals surface area contributed by atoms with Gasteiger partial charge in [-0.3, -0.25) is 5.32 Å². The van der Waals surface area contributed by atoms with Crippen molar-refractivity contribution < 1.29 is 9.53 Å². The molecule has 1 fully saturated rings. The predicted molar refractivity (Wildman–Crippen MR) is 57.4 cm³/mol. The number of nitrogen functional groups attached to an aromatic ring is 1. The number of carbonyl (C=O) groups excluding carboxylic acids is 1. The van der Waals surface area contributed by atoms with Crippen LogP contribution in [0.15, 0.2) is 24.3 Å². The van der Waals surface area contributed by atoms with Crippen LogP contribution < -0.4 is 11.1 Å². The van der Waals surface area contributed by atoms with E-state index in [1.807, 2.05) is 24.3 Å². The van der Waals surface area contributed by atoms with Crippen molar-refractivity contribution >= 4 is 12.0 Å². The van der Waals surface area contributed by atoms with Crippen molar-refractivity contribution in [3.05, 3.63) is 29.8 Å². The molecule has 1 heterocycles. The zero-order chi connectivity index (χ0) is 10.7. The molecular weight excluding hydrogens is 192 g/mol.